The molecule has 2 amide bonds. The van der Waals surface area contributed by atoms with Crippen molar-refractivity contribution in [1.29, 1.82) is 0 Å². The Hall–Kier alpha value is -3.16. The first-order chi connectivity index (χ1) is 11.5. The summed E-state index contributed by atoms with van der Waals surface area (Å²) in [6.07, 6.45) is 0.714. The van der Waals surface area contributed by atoms with Crippen molar-refractivity contribution in [2.75, 3.05) is 7.11 Å². The van der Waals surface area contributed by atoms with E-state index in [0.29, 0.717) is 24.3 Å². The number of aryl methyl sites for hydroxylation is 1. The highest BCUT2D eigenvalue weighted by Crippen LogP contribution is 2.10. The van der Waals surface area contributed by atoms with Gasteiger partial charge in [0.2, 0.25) is 0 Å². The SMILES string of the molecule is CCCn1nc(C(=O)NNC(=O)c2ccc(OC)cc2)ccc1=O. The molecular weight excluding hydrogens is 312 g/mol. The molecule has 0 aliphatic rings. The van der Waals surface area contributed by atoms with Crippen LogP contribution < -0.4 is 21.1 Å². The topological polar surface area (TPSA) is 102 Å². The van der Waals surface area contributed by atoms with Crippen LogP contribution in [0.3, 0.4) is 0 Å². The smallest absolute Gasteiger partial charge is 0.290 e. The van der Waals surface area contributed by atoms with Crippen LogP contribution >= 0.6 is 0 Å². The lowest BCUT2D eigenvalue weighted by Crippen LogP contribution is -2.42. The number of hydrogen-bond acceptors (Lipinski definition) is 5. The van der Waals surface area contributed by atoms with E-state index in [1.165, 1.54) is 23.9 Å². The molecule has 1 aromatic heterocycles. The fourth-order valence-electron chi connectivity index (χ4n) is 1.93. The standard InChI is InChI=1S/C16H18N4O4/c1-3-10-20-14(21)9-8-13(19-20)16(23)18-17-15(22)11-4-6-12(24-2)7-5-11/h4-9H,3,10H2,1-2H3,(H,17,22)(H,18,23). The fourth-order valence-corrected chi connectivity index (χ4v) is 1.93. The second-order valence-electron chi connectivity index (χ2n) is 4.92. The third-order valence-corrected chi connectivity index (χ3v) is 3.18. The van der Waals surface area contributed by atoms with Crippen molar-refractivity contribution in [3.8, 4) is 5.75 Å². The molecule has 2 N–H and O–H groups in total. The number of nitrogens with one attached hydrogen (secondary N) is 2. The highest BCUT2D eigenvalue weighted by Gasteiger charge is 2.11. The number of hydrazine groups is 1. The monoisotopic (exact) mass is 330 g/mol. The van der Waals surface area contributed by atoms with Gasteiger partial charge in [0.1, 0.15) is 5.75 Å². The van der Waals surface area contributed by atoms with Gasteiger partial charge in [-0.15, -0.1) is 0 Å². The first kappa shape index (κ1) is 17.2. The summed E-state index contributed by atoms with van der Waals surface area (Å²) < 4.78 is 6.22. The molecule has 0 radical (unpaired) electrons. The molecule has 2 aromatic rings. The molecule has 0 saturated carbocycles. The Morgan fingerprint density at radius 2 is 1.75 bits per heavy atom. The van der Waals surface area contributed by atoms with Gasteiger partial charge in [0.15, 0.2) is 5.69 Å². The number of methoxy groups -OCH3 is 1. The highest BCUT2D eigenvalue weighted by molar-refractivity contribution is 5.98. The van der Waals surface area contributed by atoms with Gasteiger partial charge in [-0.2, -0.15) is 5.10 Å². The highest BCUT2D eigenvalue weighted by atomic mass is 16.5. The fraction of sp³-hybridized carbons (Fsp3) is 0.250. The zero-order valence-electron chi connectivity index (χ0n) is 13.4. The van der Waals surface area contributed by atoms with E-state index < -0.39 is 11.8 Å². The van der Waals surface area contributed by atoms with Gasteiger partial charge in [0.05, 0.1) is 7.11 Å². The maximum Gasteiger partial charge on any atom is 0.290 e. The number of aromatic nitrogens is 2. The number of carbonyl (C=O) groups excluding carboxylic acids is 2. The average Bonchev–Trinajstić information content (AvgIpc) is 2.61. The Labute approximate surface area is 138 Å². The molecule has 24 heavy (non-hydrogen) atoms. The van der Waals surface area contributed by atoms with Crippen LogP contribution in [-0.2, 0) is 6.54 Å². The Kier molecular flexibility index (Phi) is 5.67. The van der Waals surface area contributed by atoms with E-state index in [0.717, 1.165) is 0 Å². The predicted molar refractivity (Wildman–Crippen MR) is 86.7 cm³/mol. The van der Waals surface area contributed by atoms with E-state index in [2.05, 4.69) is 16.0 Å². The summed E-state index contributed by atoms with van der Waals surface area (Å²) >= 11 is 0. The predicted octanol–water partition coefficient (Wildman–Crippen LogP) is 0.737. The normalized spacial score (nSPS) is 10.1. The minimum absolute atomic E-state index is 0.0399. The second kappa shape index (κ2) is 7.91. The summed E-state index contributed by atoms with van der Waals surface area (Å²) in [6.45, 7) is 2.31. The van der Waals surface area contributed by atoms with Crippen molar-refractivity contribution in [2.45, 2.75) is 19.9 Å². The van der Waals surface area contributed by atoms with Crippen molar-refractivity contribution in [3.63, 3.8) is 0 Å². The van der Waals surface area contributed by atoms with Crippen molar-refractivity contribution in [3.05, 3.63) is 58.0 Å². The number of carbonyl (C=O) groups is 2. The number of amides is 2. The van der Waals surface area contributed by atoms with Crippen LogP contribution in [0.5, 0.6) is 5.75 Å². The summed E-state index contributed by atoms with van der Waals surface area (Å²) in [4.78, 5) is 35.6. The number of ether oxygens (including phenoxy) is 1. The van der Waals surface area contributed by atoms with Crippen LogP contribution in [0.25, 0.3) is 0 Å². The van der Waals surface area contributed by atoms with Gasteiger partial charge in [-0.05, 0) is 36.8 Å². The minimum Gasteiger partial charge on any atom is -0.497 e. The molecule has 0 spiro atoms. The van der Waals surface area contributed by atoms with Gasteiger partial charge in [-0.25, -0.2) is 4.68 Å². The summed E-state index contributed by atoms with van der Waals surface area (Å²) in [5.41, 5.74) is 4.68. The molecule has 1 heterocycles. The molecule has 8 nitrogen and oxygen atoms in total. The van der Waals surface area contributed by atoms with E-state index >= 15 is 0 Å². The van der Waals surface area contributed by atoms with E-state index in [4.69, 9.17) is 4.74 Å². The molecule has 0 atom stereocenters. The molecule has 0 saturated heterocycles. The number of hydrogen-bond donors (Lipinski definition) is 2. The summed E-state index contributed by atoms with van der Waals surface area (Å²) in [5, 5.41) is 3.96. The van der Waals surface area contributed by atoms with Crippen molar-refractivity contribution >= 4 is 11.8 Å². The lowest BCUT2D eigenvalue weighted by Gasteiger charge is -2.09. The molecule has 0 bridgehead atoms. The summed E-state index contributed by atoms with van der Waals surface area (Å²) in [6, 6.07) is 8.99. The van der Waals surface area contributed by atoms with Crippen LogP contribution in [-0.4, -0.2) is 28.7 Å². The quantitative estimate of drug-likeness (QED) is 0.787. The first-order valence-corrected chi connectivity index (χ1v) is 7.38. The van der Waals surface area contributed by atoms with E-state index in [1.54, 1.807) is 24.3 Å². The Balaban J connectivity index is 2.00. The minimum atomic E-state index is -0.610. The van der Waals surface area contributed by atoms with Gasteiger partial charge in [-0.1, -0.05) is 6.92 Å². The van der Waals surface area contributed by atoms with Gasteiger partial charge in [-0.3, -0.25) is 25.2 Å². The maximum atomic E-state index is 12.0. The molecule has 0 fully saturated rings. The van der Waals surface area contributed by atoms with E-state index in [9.17, 15) is 14.4 Å². The van der Waals surface area contributed by atoms with Crippen LogP contribution in [0.2, 0.25) is 0 Å². The lowest BCUT2D eigenvalue weighted by atomic mass is 10.2. The molecule has 0 aliphatic heterocycles. The largest absolute Gasteiger partial charge is 0.497 e. The molecule has 2 rings (SSSR count). The van der Waals surface area contributed by atoms with Crippen LogP contribution in [0, 0.1) is 0 Å². The number of nitrogens with zero attached hydrogens (tertiary/aromatic N) is 2. The molecule has 8 heteroatoms. The van der Waals surface area contributed by atoms with Gasteiger partial charge >= 0.3 is 0 Å². The zero-order valence-corrected chi connectivity index (χ0v) is 13.4. The third kappa shape index (κ3) is 4.19. The maximum absolute atomic E-state index is 12.0. The average molecular weight is 330 g/mol. The van der Waals surface area contributed by atoms with Gasteiger partial charge < -0.3 is 4.74 Å². The van der Waals surface area contributed by atoms with Crippen molar-refractivity contribution in [2.24, 2.45) is 0 Å². The van der Waals surface area contributed by atoms with Crippen molar-refractivity contribution < 1.29 is 14.3 Å². The summed E-state index contributed by atoms with van der Waals surface area (Å²) in [5.74, 6) is -0.465. The molecule has 0 unspecified atom stereocenters. The zero-order chi connectivity index (χ0) is 17.5. The first-order valence-electron chi connectivity index (χ1n) is 7.38. The van der Waals surface area contributed by atoms with Gasteiger partial charge in [0.25, 0.3) is 17.4 Å². The second-order valence-corrected chi connectivity index (χ2v) is 4.92. The van der Waals surface area contributed by atoms with E-state index in [-0.39, 0.29) is 11.3 Å². The van der Waals surface area contributed by atoms with Crippen LogP contribution in [0.1, 0.15) is 34.2 Å². The van der Waals surface area contributed by atoms with Crippen LogP contribution in [0.4, 0.5) is 0 Å². The Morgan fingerprint density at radius 3 is 2.38 bits per heavy atom. The Morgan fingerprint density at radius 1 is 1.08 bits per heavy atom. The molecular formula is C16H18N4O4. The third-order valence-electron chi connectivity index (χ3n) is 3.18. The molecule has 1 aromatic carbocycles. The Bertz CT molecular complexity index is 783. The van der Waals surface area contributed by atoms with Crippen LogP contribution in [0.15, 0.2) is 41.2 Å². The molecule has 0 aliphatic carbocycles. The van der Waals surface area contributed by atoms with E-state index in [1.807, 2.05) is 6.92 Å². The number of benzene rings is 1. The molecule has 126 valence electrons. The van der Waals surface area contributed by atoms with Crippen molar-refractivity contribution in [1.82, 2.24) is 20.6 Å². The van der Waals surface area contributed by atoms with Gasteiger partial charge in [0, 0.05) is 18.2 Å². The lowest BCUT2D eigenvalue weighted by molar-refractivity contribution is 0.0842. The number of rotatable bonds is 5. The summed E-state index contributed by atoms with van der Waals surface area (Å²) in [7, 11) is 1.53.